The van der Waals surface area contributed by atoms with Crippen molar-refractivity contribution in [2.75, 3.05) is 30.3 Å². The third kappa shape index (κ3) is 5.27. The van der Waals surface area contributed by atoms with Gasteiger partial charge < -0.3 is 4.90 Å². The lowest BCUT2D eigenvalue weighted by Gasteiger charge is -2.25. The van der Waals surface area contributed by atoms with Crippen LogP contribution in [0.1, 0.15) is 32.6 Å². The Morgan fingerprint density at radius 2 is 1.90 bits per heavy atom. The number of carbonyl (C=O) groups excluding carboxylic acids is 1. The molecule has 31 heavy (non-hydrogen) atoms. The number of aromatic nitrogens is 1. The highest BCUT2D eigenvalue weighted by Crippen LogP contribution is 2.37. The van der Waals surface area contributed by atoms with Crippen LogP contribution in [-0.4, -0.2) is 54.3 Å². The van der Waals surface area contributed by atoms with Gasteiger partial charge in [0.1, 0.15) is 4.90 Å². The van der Waals surface area contributed by atoms with Gasteiger partial charge in [0.05, 0.1) is 16.5 Å². The monoisotopic (exact) mass is 477 g/mol. The number of thioether (sulfide) groups is 2. The summed E-state index contributed by atoms with van der Waals surface area (Å²) < 4.78 is 27.1. The Hall–Kier alpha value is -1.55. The van der Waals surface area contributed by atoms with Crippen LogP contribution in [0.5, 0.6) is 0 Å². The second-order valence-electron chi connectivity index (χ2n) is 7.82. The molecule has 1 aromatic carbocycles. The first-order chi connectivity index (χ1) is 14.9. The number of para-hydroxylation sites is 1. The fraction of sp³-hybridized carbons (Fsp3) is 0.455. The van der Waals surface area contributed by atoms with E-state index in [1.807, 2.05) is 34.9 Å². The molecule has 0 radical (unpaired) electrons. The van der Waals surface area contributed by atoms with E-state index in [-0.39, 0.29) is 16.6 Å². The quantitative estimate of drug-likeness (QED) is 0.599. The van der Waals surface area contributed by atoms with Gasteiger partial charge in [0.2, 0.25) is 15.9 Å². The highest BCUT2D eigenvalue weighted by Gasteiger charge is 2.27. The van der Waals surface area contributed by atoms with Crippen molar-refractivity contribution >= 4 is 45.1 Å². The van der Waals surface area contributed by atoms with Crippen LogP contribution in [-0.2, 0) is 14.8 Å². The molecule has 2 aliphatic heterocycles. The van der Waals surface area contributed by atoms with E-state index < -0.39 is 10.0 Å². The van der Waals surface area contributed by atoms with Gasteiger partial charge in [-0.3, -0.25) is 4.79 Å². The first-order valence-corrected chi connectivity index (χ1v) is 13.9. The number of amides is 1. The summed E-state index contributed by atoms with van der Waals surface area (Å²) in [5, 5.41) is 1.11. The number of pyridine rings is 1. The van der Waals surface area contributed by atoms with Crippen LogP contribution >= 0.6 is 23.5 Å². The number of fused-ring (bicyclic) bond motifs is 1. The van der Waals surface area contributed by atoms with Gasteiger partial charge in [-0.05, 0) is 43.5 Å². The second kappa shape index (κ2) is 9.94. The van der Waals surface area contributed by atoms with Gasteiger partial charge in [0.25, 0.3) is 0 Å². The molecule has 1 atom stereocenters. The summed E-state index contributed by atoms with van der Waals surface area (Å²) in [5.41, 5.74) is 0.971. The molecule has 3 heterocycles. The maximum absolute atomic E-state index is 13.0. The third-order valence-corrected chi connectivity index (χ3v) is 9.60. The van der Waals surface area contributed by atoms with Crippen LogP contribution < -0.4 is 4.90 Å². The van der Waals surface area contributed by atoms with E-state index in [2.05, 4.69) is 18.0 Å². The van der Waals surface area contributed by atoms with Crippen molar-refractivity contribution in [1.29, 1.82) is 0 Å². The molecule has 6 nitrogen and oxygen atoms in total. The minimum Gasteiger partial charge on any atom is -0.311 e. The minimum atomic E-state index is -3.49. The number of carbonyl (C=O) groups is 1. The van der Waals surface area contributed by atoms with Crippen molar-refractivity contribution in [3.8, 4) is 0 Å². The SMILES string of the molecule is C[C@H]1CCN(C(=O)CSc2ccc(S(=O)(=O)N3CCCCC3)cn2)c2ccccc2S1. The number of sulfonamides is 1. The van der Waals surface area contributed by atoms with Crippen molar-refractivity contribution in [1.82, 2.24) is 9.29 Å². The van der Waals surface area contributed by atoms with Gasteiger partial charge >= 0.3 is 0 Å². The Morgan fingerprint density at radius 1 is 1.13 bits per heavy atom. The molecule has 166 valence electrons. The average molecular weight is 478 g/mol. The van der Waals surface area contributed by atoms with Gasteiger partial charge in [-0.1, -0.05) is 37.2 Å². The van der Waals surface area contributed by atoms with E-state index in [0.717, 1.165) is 36.3 Å². The van der Waals surface area contributed by atoms with Gasteiger partial charge in [-0.15, -0.1) is 11.8 Å². The molecule has 0 bridgehead atoms. The van der Waals surface area contributed by atoms with E-state index in [1.165, 1.54) is 18.0 Å². The fourth-order valence-corrected chi connectivity index (χ4v) is 7.11. The number of anilines is 1. The Bertz CT molecular complexity index is 1020. The van der Waals surface area contributed by atoms with Crippen molar-refractivity contribution in [2.24, 2.45) is 0 Å². The molecule has 9 heteroatoms. The van der Waals surface area contributed by atoms with Crippen LogP contribution in [0.25, 0.3) is 0 Å². The van der Waals surface area contributed by atoms with Crippen LogP contribution in [0.3, 0.4) is 0 Å². The van der Waals surface area contributed by atoms with E-state index in [9.17, 15) is 13.2 Å². The minimum absolute atomic E-state index is 0.0407. The first-order valence-electron chi connectivity index (χ1n) is 10.6. The number of hydrogen-bond acceptors (Lipinski definition) is 6. The molecule has 0 aliphatic carbocycles. The zero-order chi connectivity index (χ0) is 21.8. The summed E-state index contributed by atoms with van der Waals surface area (Å²) in [4.78, 5) is 20.5. The summed E-state index contributed by atoms with van der Waals surface area (Å²) in [6.45, 7) is 4.03. The van der Waals surface area contributed by atoms with Crippen LogP contribution in [0.15, 0.2) is 57.4 Å². The Balaban J connectivity index is 1.41. The van der Waals surface area contributed by atoms with Crippen molar-refractivity contribution in [3.63, 3.8) is 0 Å². The fourth-order valence-electron chi connectivity index (χ4n) is 3.82. The van der Waals surface area contributed by atoms with Crippen molar-refractivity contribution in [3.05, 3.63) is 42.6 Å². The second-order valence-corrected chi connectivity index (χ2v) is 12.2. The molecular formula is C22H27N3O3S3. The highest BCUT2D eigenvalue weighted by atomic mass is 32.2. The lowest BCUT2D eigenvalue weighted by atomic mass is 10.2. The summed E-state index contributed by atoms with van der Waals surface area (Å²) in [7, 11) is -3.49. The van der Waals surface area contributed by atoms with E-state index in [1.54, 1.807) is 16.4 Å². The predicted octanol–water partition coefficient (Wildman–Crippen LogP) is 4.27. The standard InChI is InChI=1S/C22H27N3O3S3/c1-17-11-14-25(19-7-3-4-8-20(19)30-17)22(26)16-29-21-10-9-18(15-23-21)31(27,28)24-12-5-2-6-13-24/h3-4,7-10,15,17H,2,5-6,11-14,16H2,1H3/t17-/m0/s1. The predicted molar refractivity (Wildman–Crippen MR) is 126 cm³/mol. The van der Waals surface area contributed by atoms with E-state index >= 15 is 0 Å². The van der Waals surface area contributed by atoms with Gasteiger partial charge in [0, 0.05) is 36.0 Å². The number of benzene rings is 1. The summed E-state index contributed by atoms with van der Waals surface area (Å²) in [6, 6.07) is 11.3. The van der Waals surface area contributed by atoms with Crippen molar-refractivity contribution in [2.45, 2.75) is 52.7 Å². The molecule has 1 amide bonds. The normalized spacial score (nSPS) is 20.2. The van der Waals surface area contributed by atoms with Gasteiger partial charge in [0.15, 0.2) is 0 Å². The maximum Gasteiger partial charge on any atom is 0.244 e. The number of piperidine rings is 1. The maximum atomic E-state index is 13.0. The molecule has 1 fully saturated rings. The number of rotatable bonds is 5. The Kier molecular flexibility index (Phi) is 7.26. The summed E-state index contributed by atoms with van der Waals surface area (Å²) in [6.07, 6.45) is 5.24. The van der Waals surface area contributed by atoms with Crippen LogP contribution in [0.4, 0.5) is 5.69 Å². The van der Waals surface area contributed by atoms with E-state index in [0.29, 0.717) is 29.9 Å². The molecule has 0 saturated carbocycles. The van der Waals surface area contributed by atoms with Crippen molar-refractivity contribution < 1.29 is 13.2 Å². The molecule has 0 N–H and O–H groups in total. The molecule has 1 saturated heterocycles. The highest BCUT2D eigenvalue weighted by molar-refractivity contribution is 8.00. The molecule has 0 unspecified atom stereocenters. The molecule has 2 aliphatic rings. The smallest absolute Gasteiger partial charge is 0.244 e. The zero-order valence-corrected chi connectivity index (χ0v) is 20.0. The van der Waals surface area contributed by atoms with E-state index in [4.69, 9.17) is 0 Å². The molecule has 1 aromatic heterocycles. The van der Waals surface area contributed by atoms with Crippen LogP contribution in [0, 0.1) is 0 Å². The summed E-state index contributed by atoms with van der Waals surface area (Å²) in [5.74, 6) is 0.303. The van der Waals surface area contributed by atoms with Gasteiger partial charge in [-0.2, -0.15) is 4.31 Å². The topological polar surface area (TPSA) is 70.6 Å². The largest absolute Gasteiger partial charge is 0.311 e. The third-order valence-electron chi connectivity index (χ3n) is 5.55. The first kappa shape index (κ1) is 22.6. The zero-order valence-electron chi connectivity index (χ0n) is 17.6. The molecule has 4 rings (SSSR count). The average Bonchev–Trinajstić information content (AvgIpc) is 2.96. The number of nitrogens with zero attached hydrogens (tertiary/aromatic N) is 3. The summed E-state index contributed by atoms with van der Waals surface area (Å²) >= 11 is 3.15. The number of hydrogen-bond donors (Lipinski definition) is 0. The Labute approximate surface area is 192 Å². The lowest BCUT2D eigenvalue weighted by molar-refractivity contribution is -0.116. The molecule has 0 spiro atoms. The van der Waals surface area contributed by atoms with Gasteiger partial charge in [-0.25, -0.2) is 13.4 Å². The lowest BCUT2D eigenvalue weighted by Crippen LogP contribution is -2.35. The molecular weight excluding hydrogens is 450 g/mol. The Morgan fingerprint density at radius 3 is 2.65 bits per heavy atom. The van der Waals surface area contributed by atoms with Crippen LogP contribution in [0.2, 0.25) is 0 Å². The molecule has 2 aromatic rings.